The van der Waals surface area contributed by atoms with E-state index in [0.717, 1.165) is 49.5 Å². The van der Waals surface area contributed by atoms with Crippen LogP contribution in [0.4, 0.5) is 0 Å². The molecule has 0 spiro atoms. The average molecular weight is 460 g/mol. The first-order valence-electron chi connectivity index (χ1n) is 10.4. The predicted molar refractivity (Wildman–Crippen MR) is 120 cm³/mol. The number of hydrogen-bond donors (Lipinski definition) is 1. The van der Waals surface area contributed by atoms with E-state index >= 15 is 0 Å². The van der Waals surface area contributed by atoms with E-state index in [-0.39, 0.29) is 21.4 Å². The SMILES string of the molecule is CCCCN(CC)C(=O)CCCCCNC(=O)c1cc(S(=O)(=O)N(C)C)ccc1Cl. The van der Waals surface area contributed by atoms with Crippen LogP contribution in [0.1, 0.15) is 62.7 Å². The Morgan fingerprint density at radius 2 is 1.77 bits per heavy atom. The van der Waals surface area contributed by atoms with Crippen molar-refractivity contribution in [2.45, 2.75) is 57.3 Å². The van der Waals surface area contributed by atoms with Gasteiger partial charge in [0.1, 0.15) is 0 Å². The second kappa shape index (κ2) is 12.9. The van der Waals surface area contributed by atoms with Crippen LogP contribution in [0.5, 0.6) is 0 Å². The zero-order valence-electron chi connectivity index (χ0n) is 18.4. The van der Waals surface area contributed by atoms with Crippen LogP contribution in [0.3, 0.4) is 0 Å². The molecule has 1 N–H and O–H groups in total. The van der Waals surface area contributed by atoms with Crippen molar-refractivity contribution in [3.63, 3.8) is 0 Å². The molecule has 30 heavy (non-hydrogen) atoms. The third kappa shape index (κ3) is 7.89. The van der Waals surface area contributed by atoms with Crippen molar-refractivity contribution in [1.29, 1.82) is 0 Å². The fraction of sp³-hybridized carbons (Fsp3) is 0.619. The summed E-state index contributed by atoms with van der Waals surface area (Å²) in [4.78, 5) is 26.5. The Morgan fingerprint density at radius 3 is 2.37 bits per heavy atom. The van der Waals surface area contributed by atoms with Crippen LogP contribution in [0.2, 0.25) is 5.02 Å². The summed E-state index contributed by atoms with van der Waals surface area (Å²) in [5.41, 5.74) is 0.129. The van der Waals surface area contributed by atoms with Crippen molar-refractivity contribution in [1.82, 2.24) is 14.5 Å². The number of amides is 2. The zero-order valence-corrected chi connectivity index (χ0v) is 20.0. The van der Waals surface area contributed by atoms with Gasteiger partial charge in [-0.3, -0.25) is 9.59 Å². The Bertz CT molecular complexity index is 812. The maximum absolute atomic E-state index is 12.4. The highest BCUT2D eigenvalue weighted by Gasteiger charge is 2.20. The molecule has 0 fully saturated rings. The van der Waals surface area contributed by atoms with Crippen LogP contribution in [-0.4, -0.2) is 63.2 Å². The predicted octanol–water partition coefficient (Wildman–Crippen LogP) is 3.53. The molecule has 0 aliphatic carbocycles. The van der Waals surface area contributed by atoms with E-state index < -0.39 is 15.9 Å². The molecule has 0 aliphatic rings. The van der Waals surface area contributed by atoms with Gasteiger partial charge in [-0.2, -0.15) is 0 Å². The number of halogens is 1. The van der Waals surface area contributed by atoms with Crippen LogP contribution in [-0.2, 0) is 14.8 Å². The number of hydrogen-bond acceptors (Lipinski definition) is 4. The number of rotatable bonds is 13. The summed E-state index contributed by atoms with van der Waals surface area (Å²) in [6.07, 6.45) is 4.92. The van der Waals surface area contributed by atoms with Gasteiger partial charge in [-0.05, 0) is 44.4 Å². The van der Waals surface area contributed by atoms with Crippen molar-refractivity contribution in [3.05, 3.63) is 28.8 Å². The Kier molecular flexibility index (Phi) is 11.4. The van der Waals surface area contributed by atoms with Crippen LogP contribution < -0.4 is 5.32 Å². The lowest BCUT2D eigenvalue weighted by Gasteiger charge is -2.20. The van der Waals surface area contributed by atoms with Gasteiger partial charge in [0, 0.05) is 40.2 Å². The molecule has 0 heterocycles. The van der Waals surface area contributed by atoms with Crippen LogP contribution in [0.15, 0.2) is 23.1 Å². The first-order valence-corrected chi connectivity index (χ1v) is 12.2. The lowest BCUT2D eigenvalue weighted by atomic mass is 10.1. The van der Waals surface area contributed by atoms with E-state index in [4.69, 9.17) is 11.6 Å². The van der Waals surface area contributed by atoms with Gasteiger partial charge in [0.05, 0.1) is 15.5 Å². The van der Waals surface area contributed by atoms with Crippen molar-refractivity contribution in [2.24, 2.45) is 0 Å². The van der Waals surface area contributed by atoms with Gasteiger partial charge in [-0.15, -0.1) is 0 Å². The van der Waals surface area contributed by atoms with Gasteiger partial charge in [0.15, 0.2) is 0 Å². The van der Waals surface area contributed by atoms with Crippen LogP contribution in [0.25, 0.3) is 0 Å². The van der Waals surface area contributed by atoms with Crippen molar-refractivity contribution < 1.29 is 18.0 Å². The molecule has 2 amide bonds. The molecule has 1 aromatic carbocycles. The Balaban J connectivity index is 2.48. The standard InChI is InChI=1S/C21H34ClN3O4S/c1-5-7-15-25(6-2)20(26)11-9-8-10-14-23-21(27)18-16-17(12-13-19(18)22)30(28,29)24(3)4/h12-13,16H,5-11,14-15H2,1-4H3,(H,23,27). The van der Waals surface area contributed by atoms with E-state index in [2.05, 4.69) is 12.2 Å². The maximum atomic E-state index is 12.4. The molecular formula is C21H34ClN3O4S. The van der Waals surface area contributed by atoms with Crippen LogP contribution in [0, 0.1) is 0 Å². The Labute approximate surface area is 185 Å². The molecule has 0 unspecified atom stereocenters. The molecule has 7 nitrogen and oxygen atoms in total. The summed E-state index contributed by atoms with van der Waals surface area (Å²) in [6.45, 7) is 6.08. The highest BCUT2D eigenvalue weighted by Crippen LogP contribution is 2.22. The molecule has 0 bridgehead atoms. The van der Waals surface area contributed by atoms with E-state index in [9.17, 15) is 18.0 Å². The fourth-order valence-corrected chi connectivity index (χ4v) is 4.02. The summed E-state index contributed by atoms with van der Waals surface area (Å²) in [5.74, 6) is -0.232. The monoisotopic (exact) mass is 459 g/mol. The normalized spacial score (nSPS) is 11.5. The number of carbonyl (C=O) groups is 2. The molecule has 1 rings (SSSR count). The second-order valence-electron chi connectivity index (χ2n) is 7.32. The Hall–Kier alpha value is -1.64. The lowest BCUT2D eigenvalue weighted by molar-refractivity contribution is -0.131. The zero-order chi connectivity index (χ0) is 22.7. The molecule has 0 saturated heterocycles. The van der Waals surface area contributed by atoms with Gasteiger partial charge in [0.2, 0.25) is 15.9 Å². The van der Waals surface area contributed by atoms with Gasteiger partial charge in [-0.1, -0.05) is 31.4 Å². The maximum Gasteiger partial charge on any atom is 0.252 e. The quantitative estimate of drug-likeness (QED) is 0.457. The van der Waals surface area contributed by atoms with Crippen molar-refractivity contribution in [2.75, 3.05) is 33.7 Å². The molecule has 0 aliphatic heterocycles. The molecule has 1 aromatic rings. The first kappa shape index (κ1) is 26.4. The van der Waals surface area contributed by atoms with Gasteiger partial charge < -0.3 is 10.2 Å². The Morgan fingerprint density at radius 1 is 1.07 bits per heavy atom. The number of unbranched alkanes of at least 4 members (excludes halogenated alkanes) is 3. The first-order chi connectivity index (χ1) is 14.1. The number of carbonyl (C=O) groups excluding carboxylic acids is 2. The molecule has 0 aromatic heterocycles. The van der Waals surface area contributed by atoms with E-state index in [1.807, 2.05) is 11.8 Å². The third-order valence-corrected chi connectivity index (χ3v) is 6.97. The van der Waals surface area contributed by atoms with E-state index in [1.54, 1.807) is 0 Å². The van der Waals surface area contributed by atoms with E-state index in [1.165, 1.54) is 32.3 Å². The molecule has 0 radical (unpaired) electrons. The minimum absolute atomic E-state index is 0.0177. The highest BCUT2D eigenvalue weighted by molar-refractivity contribution is 7.89. The molecule has 9 heteroatoms. The molecule has 0 atom stereocenters. The summed E-state index contributed by atoms with van der Waals surface area (Å²) in [5, 5.41) is 2.97. The largest absolute Gasteiger partial charge is 0.352 e. The number of sulfonamides is 1. The highest BCUT2D eigenvalue weighted by atomic mass is 35.5. The van der Waals surface area contributed by atoms with Gasteiger partial charge in [0.25, 0.3) is 5.91 Å². The lowest BCUT2D eigenvalue weighted by Crippen LogP contribution is -2.31. The minimum Gasteiger partial charge on any atom is -0.352 e. The third-order valence-electron chi connectivity index (χ3n) is 4.83. The summed E-state index contributed by atoms with van der Waals surface area (Å²) in [6, 6.07) is 4.09. The minimum atomic E-state index is -3.65. The number of nitrogens with one attached hydrogen (secondary N) is 1. The van der Waals surface area contributed by atoms with Crippen molar-refractivity contribution >= 4 is 33.4 Å². The topological polar surface area (TPSA) is 86.8 Å². The molecular weight excluding hydrogens is 426 g/mol. The van der Waals surface area contributed by atoms with Crippen LogP contribution >= 0.6 is 11.6 Å². The summed E-state index contributed by atoms with van der Waals surface area (Å²) >= 11 is 6.09. The number of nitrogens with zero attached hydrogens (tertiary/aromatic N) is 2. The fourth-order valence-electron chi connectivity index (χ4n) is 2.89. The number of benzene rings is 1. The van der Waals surface area contributed by atoms with Gasteiger partial charge in [-0.25, -0.2) is 12.7 Å². The summed E-state index contributed by atoms with van der Waals surface area (Å²) < 4.78 is 25.6. The van der Waals surface area contributed by atoms with Crippen molar-refractivity contribution in [3.8, 4) is 0 Å². The average Bonchev–Trinajstić information content (AvgIpc) is 2.70. The smallest absolute Gasteiger partial charge is 0.252 e. The summed E-state index contributed by atoms with van der Waals surface area (Å²) in [7, 11) is -0.790. The molecule has 170 valence electrons. The van der Waals surface area contributed by atoms with E-state index in [0.29, 0.717) is 13.0 Å². The molecule has 0 saturated carbocycles. The second-order valence-corrected chi connectivity index (χ2v) is 9.88. The van der Waals surface area contributed by atoms with Gasteiger partial charge >= 0.3 is 0 Å².